The number of benzene rings is 1. The molecule has 1 amide bonds. The summed E-state index contributed by atoms with van der Waals surface area (Å²) in [4.78, 5) is 16.9. The third kappa shape index (κ3) is 3.99. The molecule has 0 aliphatic heterocycles. The molecule has 0 atom stereocenters. The highest BCUT2D eigenvalue weighted by atomic mass is 35.5. The number of nitrogens with zero attached hydrogens (tertiary/aromatic N) is 3. The van der Waals surface area contributed by atoms with Gasteiger partial charge in [-0.1, -0.05) is 44.5 Å². The SMILES string of the molecule is Cc1cnc2c(-c3cccc(Cl)c3)c(NC(=O)CC(C)(C)C)nn2c1. The molecule has 1 N–H and O–H groups in total. The molecule has 0 fully saturated rings. The van der Waals surface area contributed by atoms with Crippen LogP contribution in [0.25, 0.3) is 16.8 Å². The average molecular weight is 357 g/mol. The third-order valence-corrected chi connectivity index (χ3v) is 3.90. The molecule has 3 rings (SSSR count). The van der Waals surface area contributed by atoms with Crippen molar-refractivity contribution in [2.24, 2.45) is 5.41 Å². The van der Waals surface area contributed by atoms with Gasteiger partial charge in [-0.25, -0.2) is 9.50 Å². The lowest BCUT2D eigenvalue weighted by atomic mass is 9.92. The fourth-order valence-electron chi connectivity index (χ4n) is 2.68. The largest absolute Gasteiger partial charge is 0.309 e. The Kier molecular flexibility index (Phi) is 4.52. The summed E-state index contributed by atoms with van der Waals surface area (Å²) in [6, 6.07) is 7.46. The number of hydrogen-bond acceptors (Lipinski definition) is 3. The second-order valence-electron chi connectivity index (χ2n) is 7.42. The highest BCUT2D eigenvalue weighted by molar-refractivity contribution is 6.30. The van der Waals surface area contributed by atoms with Gasteiger partial charge in [-0.15, -0.1) is 5.10 Å². The van der Waals surface area contributed by atoms with Gasteiger partial charge in [0.1, 0.15) is 0 Å². The van der Waals surface area contributed by atoms with E-state index in [-0.39, 0.29) is 11.3 Å². The first-order valence-corrected chi connectivity index (χ1v) is 8.51. The molecule has 3 aromatic rings. The Labute approximate surface area is 152 Å². The van der Waals surface area contributed by atoms with Crippen molar-refractivity contribution in [2.75, 3.05) is 5.32 Å². The topological polar surface area (TPSA) is 59.3 Å². The third-order valence-electron chi connectivity index (χ3n) is 3.66. The molecule has 0 aliphatic carbocycles. The number of carbonyl (C=O) groups excluding carboxylic acids is 1. The number of nitrogens with one attached hydrogen (secondary N) is 1. The molecule has 0 saturated carbocycles. The monoisotopic (exact) mass is 356 g/mol. The van der Waals surface area contributed by atoms with E-state index in [1.807, 2.05) is 58.2 Å². The molecule has 0 bridgehead atoms. The molecule has 6 heteroatoms. The van der Waals surface area contributed by atoms with Crippen LogP contribution in [0, 0.1) is 12.3 Å². The molecule has 2 aromatic heterocycles. The Bertz CT molecular complexity index is 940. The minimum atomic E-state index is -0.103. The van der Waals surface area contributed by atoms with Crippen LogP contribution in [-0.2, 0) is 4.79 Å². The van der Waals surface area contributed by atoms with E-state index in [0.717, 1.165) is 16.7 Å². The maximum Gasteiger partial charge on any atom is 0.226 e. The van der Waals surface area contributed by atoms with E-state index in [2.05, 4.69) is 15.4 Å². The van der Waals surface area contributed by atoms with E-state index >= 15 is 0 Å². The first-order chi connectivity index (χ1) is 11.7. The molecule has 0 unspecified atom stereocenters. The first-order valence-electron chi connectivity index (χ1n) is 8.14. The van der Waals surface area contributed by atoms with Crippen molar-refractivity contribution < 1.29 is 4.79 Å². The predicted molar refractivity (Wildman–Crippen MR) is 101 cm³/mol. The van der Waals surface area contributed by atoms with E-state index in [0.29, 0.717) is 22.9 Å². The number of anilines is 1. The first kappa shape index (κ1) is 17.4. The van der Waals surface area contributed by atoms with Gasteiger partial charge in [0.2, 0.25) is 5.91 Å². The zero-order valence-corrected chi connectivity index (χ0v) is 15.6. The van der Waals surface area contributed by atoms with Crippen molar-refractivity contribution in [2.45, 2.75) is 34.1 Å². The molecular weight excluding hydrogens is 336 g/mol. The zero-order chi connectivity index (χ0) is 18.2. The summed E-state index contributed by atoms with van der Waals surface area (Å²) in [5, 5.41) is 8.09. The number of amides is 1. The maximum atomic E-state index is 12.4. The van der Waals surface area contributed by atoms with E-state index < -0.39 is 0 Å². The summed E-state index contributed by atoms with van der Waals surface area (Å²) in [5.74, 6) is 0.422. The maximum absolute atomic E-state index is 12.4. The van der Waals surface area contributed by atoms with Gasteiger partial charge in [0.05, 0.1) is 5.56 Å². The summed E-state index contributed by atoms with van der Waals surface area (Å²) >= 11 is 6.15. The summed E-state index contributed by atoms with van der Waals surface area (Å²) in [7, 11) is 0. The number of fused-ring (bicyclic) bond motifs is 1. The van der Waals surface area contributed by atoms with E-state index in [1.165, 1.54) is 0 Å². The Morgan fingerprint density at radius 2 is 2.08 bits per heavy atom. The van der Waals surface area contributed by atoms with Crippen molar-refractivity contribution in [3.05, 3.63) is 47.2 Å². The van der Waals surface area contributed by atoms with Crippen LogP contribution in [0.1, 0.15) is 32.8 Å². The fraction of sp³-hybridized carbons (Fsp3) is 0.316. The number of carbonyl (C=O) groups is 1. The number of halogens is 1. The van der Waals surface area contributed by atoms with Gasteiger partial charge in [0.15, 0.2) is 11.5 Å². The van der Waals surface area contributed by atoms with E-state index in [4.69, 9.17) is 11.6 Å². The molecule has 130 valence electrons. The van der Waals surface area contributed by atoms with Crippen molar-refractivity contribution in [1.82, 2.24) is 14.6 Å². The summed E-state index contributed by atoms with van der Waals surface area (Å²) in [6.45, 7) is 8.03. The summed E-state index contributed by atoms with van der Waals surface area (Å²) in [5.41, 5.74) is 3.20. The second-order valence-corrected chi connectivity index (χ2v) is 7.86. The molecule has 25 heavy (non-hydrogen) atoms. The van der Waals surface area contributed by atoms with Gasteiger partial charge in [-0.05, 0) is 35.6 Å². The fourth-order valence-corrected chi connectivity index (χ4v) is 2.87. The molecule has 0 spiro atoms. The molecule has 2 heterocycles. The quantitative estimate of drug-likeness (QED) is 0.737. The van der Waals surface area contributed by atoms with Crippen molar-refractivity contribution >= 4 is 29.0 Å². The van der Waals surface area contributed by atoms with Gasteiger partial charge in [-0.2, -0.15) is 0 Å². The highest BCUT2D eigenvalue weighted by Gasteiger charge is 2.21. The lowest BCUT2D eigenvalue weighted by molar-refractivity contribution is -0.117. The summed E-state index contributed by atoms with van der Waals surface area (Å²) in [6.07, 6.45) is 4.07. The Morgan fingerprint density at radius 1 is 1.32 bits per heavy atom. The van der Waals surface area contributed by atoms with Crippen LogP contribution in [0.15, 0.2) is 36.7 Å². The lowest BCUT2D eigenvalue weighted by Gasteiger charge is -2.16. The van der Waals surface area contributed by atoms with Crippen molar-refractivity contribution in [3.8, 4) is 11.1 Å². The van der Waals surface area contributed by atoms with Crippen LogP contribution in [0.3, 0.4) is 0 Å². The molecule has 0 radical (unpaired) electrons. The molecule has 1 aromatic carbocycles. The van der Waals surface area contributed by atoms with Crippen molar-refractivity contribution in [3.63, 3.8) is 0 Å². The number of hydrogen-bond donors (Lipinski definition) is 1. The zero-order valence-electron chi connectivity index (χ0n) is 14.8. The summed E-state index contributed by atoms with van der Waals surface area (Å²) < 4.78 is 1.69. The van der Waals surface area contributed by atoms with Gasteiger partial charge in [0.25, 0.3) is 0 Å². The molecular formula is C19H21ClN4O. The lowest BCUT2D eigenvalue weighted by Crippen LogP contribution is -2.20. The van der Waals surface area contributed by atoms with Crippen LogP contribution < -0.4 is 5.32 Å². The standard InChI is InChI=1S/C19H21ClN4O/c1-12-10-21-18-16(13-6-5-7-14(20)8-13)17(23-24(18)11-12)22-15(25)9-19(2,3)4/h5-8,10-11H,9H2,1-4H3,(H,22,23,25). The average Bonchev–Trinajstić information content (AvgIpc) is 2.81. The highest BCUT2D eigenvalue weighted by Crippen LogP contribution is 2.33. The molecule has 0 saturated heterocycles. The molecule has 5 nitrogen and oxygen atoms in total. The Balaban J connectivity index is 2.10. The Hall–Kier alpha value is -2.40. The van der Waals surface area contributed by atoms with E-state index in [9.17, 15) is 4.79 Å². The Morgan fingerprint density at radius 3 is 2.76 bits per heavy atom. The van der Waals surface area contributed by atoms with Crippen LogP contribution in [-0.4, -0.2) is 20.5 Å². The number of aryl methyl sites for hydroxylation is 1. The predicted octanol–water partition coefficient (Wildman–Crippen LogP) is 4.73. The van der Waals surface area contributed by atoms with Gasteiger partial charge in [-0.3, -0.25) is 4.79 Å². The smallest absolute Gasteiger partial charge is 0.226 e. The van der Waals surface area contributed by atoms with Crippen LogP contribution in [0.4, 0.5) is 5.82 Å². The minimum absolute atomic E-state index is 0.0732. The van der Waals surface area contributed by atoms with Gasteiger partial charge < -0.3 is 5.32 Å². The second kappa shape index (κ2) is 6.48. The minimum Gasteiger partial charge on any atom is -0.309 e. The van der Waals surface area contributed by atoms with Gasteiger partial charge >= 0.3 is 0 Å². The van der Waals surface area contributed by atoms with E-state index in [1.54, 1.807) is 10.7 Å². The molecule has 0 aliphatic rings. The normalized spacial score (nSPS) is 11.7. The van der Waals surface area contributed by atoms with Crippen LogP contribution in [0.2, 0.25) is 5.02 Å². The van der Waals surface area contributed by atoms with Gasteiger partial charge in [0, 0.05) is 23.8 Å². The number of rotatable bonds is 3. The van der Waals surface area contributed by atoms with Crippen LogP contribution in [0.5, 0.6) is 0 Å². The van der Waals surface area contributed by atoms with Crippen molar-refractivity contribution in [1.29, 1.82) is 0 Å². The number of aromatic nitrogens is 3. The van der Waals surface area contributed by atoms with Crippen LogP contribution >= 0.6 is 11.6 Å².